The molecule has 0 amide bonds. The second-order valence-corrected chi connectivity index (χ2v) is 10.1. The molecule has 0 spiro atoms. The standard InChI is InChI=1S/C20H20ClF2NO3S/c21-14-1-3-15(4-2-14)28(25,26)20-8-7-12(10-24)9-13(20)11-27-19-17(23)6-5-16(22)18(19)20/h1-6,12-13H,7-11,24H2/t12-,13-,20+/m1/s1. The number of hydrogen-bond acceptors (Lipinski definition) is 4. The van der Waals surface area contributed by atoms with Crippen LogP contribution in [-0.2, 0) is 14.6 Å². The van der Waals surface area contributed by atoms with Gasteiger partial charge in [-0.1, -0.05) is 11.6 Å². The first-order chi connectivity index (χ1) is 13.3. The van der Waals surface area contributed by atoms with Crippen molar-refractivity contribution in [1.29, 1.82) is 0 Å². The van der Waals surface area contributed by atoms with Gasteiger partial charge in [0.25, 0.3) is 0 Å². The van der Waals surface area contributed by atoms with Crippen LogP contribution in [-0.4, -0.2) is 21.6 Å². The van der Waals surface area contributed by atoms with Crippen LogP contribution in [0.4, 0.5) is 8.78 Å². The molecule has 1 saturated carbocycles. The molecular formula is C20H20ClF2NO3S. The number of benzene rings is 2. The van der Waals surface area contributed by atoms with Crippen molar-refractivity contribution in [2.45, 2.75) is 28.9 Å². The molecule has 0 aromatic heterocycles. The van der Waals surface area contributed by atoms with Gasteiger partial charge in [0.15, 0.2) is 21.4 Å². The van der Waals surface area contributed by atoms with Crippen molar-refractivity contribution < 1.29 is 21.9 Å². The minimum absolute atomic E-state index is 0.00328. The zero-order chi connectivity index (χ0) is 20.1. The van der Waals surface area contributed by atoms with Crippen molar-refractivity contribution in [3.63, 3.8) is 0 Å². The fraction of sp³-hybridized carbons (Fsp3) is 0.400. The number of sulfone groups is 1. The van der Waals surface area contributed by atoms with Gasteiger partial charge in [0, 0.05) is 10.9 Å². The Labute approximate surface area is 167 Å². The van der Waals surface area contributed by atoms with Crippen LogP contribution in [0.15, 0.2) is 41.3 Å². The van der Waals surface area contributed by atoms with Crippen molar-refractivity contribution in [3.8, 4) is 5.75 Å². The highest BCUT2D eigenvalue weighted by molar-refractivity contribution is 7.92. The maximum atomic E-state index is 15.0. The van der Waals surface area contributed by atoms with Gasteiger partial charge in [-0.2, -0.15) is 0 Å². The minimum atomic E-state index is -4.07. The molecule has 2 aromatic rings. The van der Waals surface area contributed by atoms with E-state index in [1.165, 1.54) is 24.3 Å². The molecule has 2 aliphatic rings. The van der Waals surface area contributed by atoms with Crippen molar-refractivity contribution in [2.75, 3.05) is 13.2 Å². The maximum Gasteiger partial charge on any atom is 0.188 e. The largest absolute Gasteiger partial charge is 0.490 e. The Morgan fingerprint density at radius 3 is 2.50 bits per heavy atom. The summed E-state index contributed by atoms with van der Waals surface area (Å²) in [7, 11) is -4.07. The minimum Gasteiger partial charge on any atom is -0.490 e. The fourth-order valence-corrected chi connectivity index (χ4v) is 7.13. The van der Waals surface area contributed by atoms with Crippen molar-refractivity contribution in [3.05, 3.63) is 58.6 Å². The van der Waals surface area contributed by atoms with Crippen LogP contribution >= 0.6 is 11.6 Å². The van der Waals surface area contributed by atoms with Crippen LogP contribution in [0.3, 0.4) is 0 Å². The van der Waals surface area contributed by atoms with E-state index in [0.29, 0.717) is 24.4 Å². The second kappa shape index (κ2) is 6.97. The average molecular weight is 428 g/mol. The number of rotatable bonds is 3. The smallest absolute Gasteiger partial charge is 0.188 e. The molecule has 3 atom stereocenters. The molecule has 0 radical (unpaired) electrons. The molecule has 8 heteroatoms. The predicted molar refractivity (Wildman–Crippen MR) is 102 cm³/mol. The Morgan fingerprint density at radius 2 is 1.82 bits per heavy atom. The SMILES string of the molecule is NC[C@@H]1CC[C@@]2(S(=O)(=O)c3ccc(Cl)cc3)c3c(F)ccc(F)c3OC[C@H]2C1. The van der Waals surface area contributed by atoms with E-state index < -0.39 is 32.1 Å². The van der Waals surface area contributed by atoms with Gasteiger partial charge in [-0.05, 0) is 68.1 Å². The third-order valence-corrected chi connectivity index (χ3v) is 8.89. The fourth-order valence-electron chi connectivity index (χ4n) is 4.64. The summed E-state index contributed by atoms with van der Waals surface area (Å²) in [6.45, 7) is 0.406. The first-order valence-corrected chi connectivity index (χ1v) is 11.0. The molecule has 4 nitrogen and oxygen atoms in total. The monoisotopic (exact) mass is 427 g/mol. The number of fused-ring (bicyclic) bond motifs is 3. The highest BCUT2D eigenvalue weighted by Gasteiger charge is 2.59. The first kappa shape index (κ1) is 19.6. The molecule has 0 unspecified atom stereocenters. The van der Waals surface area contributed by atoms with E-state index in [1.54, 1.807) is 0 Å². The van der Waals surface area contributed by atoms with Gasteiger partial charge in [0.05, 0.1) is 17.1 Å². The summed E-state index contributed by atoms with van der Waals surface area (Å²) in [4.78, 5) is 0.0320. The maximum absolute atomic E-state index is 15.0. The van der Waals surface area contributed by atoms with Gasteiger partial charge in [0.1, 0.15) is 10.6 Å². The zero-order valence-corrected chi connectivity index (χ0v) is 16.6. The Hall–Kier alpha value is -1.70. The lowest BCUT2D eigenvalue weighted by Crippen LogP contribution is -2.52. The van der Waals surface area contributed by atoms with Crippen LogP contribution in [0, 0.1) is 23.5 Å². The van der Waals surface area contributed by atoms with Crippen LogP contribution < -0.4 is 10.5 Å². The van der Waals surface area contributed by atoms with Gasteiger partial charge in [-0.15, -0.1) is 0 Å². The normalized spacial score (nSPS) is 26.9. The lowest BCUT2D eigenvalue weighted by molar-refractivity contribution is 0.100. The Kier molecular flexibility index (Phi) is 4.88. The van der Waals surface area contributed by atoms with Crippen molar-refractivity contribution >= 4 is 21.4 Å². The van der Waals surface area contributed by atoms with Gasteiger partial charge in [-0.25, -0.2) is 17.2 Å². The Balaban J connectivity index is 1.99. The molecular weight excluding hydrogens is 408 g/mol. The lowest BCUT2D eigenvalue weighted by Gasteiger charge is -2.49. The second-order valence-electron chi connectivity index (χ2n) is 7.46. The van der Waals surface area contributed by atoms with E-state index >= 15 is 0 Å². The third-order valence-electron chi connectivity index (χ3n) is 6.05. The number of nitrogens with two attached hydrogens (primary N) is 1. The Bertz CT molecular complexity index is 1010. The van der Waals surface area contributed by atoms with Crippen molar-refractivity contribution in [2.24, 2.45) is 17.6 Å². The predicted octanol–water partition coefficient (Wildman–Crippen LogP) is 4.05. The molecule has 28 heavy (non-hydrogen) atoms. The van der Waals surface area contributed by atoms with Gasteiger partial charge < -0.3 is 10.5 Å². The highest BCUT2D eigenvalue weighted by atomic mass is 35.5. The Morgan fingerprint density at radius 1 is 1.14 bits per heavy atom. The number of ether oxygens (including phenoxy) is 1. The van der Waals surface area contributed by atoms with Crippen LogP contribution in [0.1, 0.15) is 24.8 Å². The molecule has 1 aliphatic heterocycles. The molecule has 2 aromatic carbocycles. The van der Waals surface area contributed by atoms with Crippen LogP contribution in [0.25, 0.3) is 0 Å². The van der Waals surface area contributed by atoms with Crippen molar-refractivity contribution in [1.82, 2.24) is 0 Å². The summed E-state index contributed by atoms with van der Waals surface area (Å²) in [5.74, 6) is -2.26. The summed E-state index contributed by atoms with van der Waals surface area (Å²) in [6.07, 6.45) is 1.13. The summed E-state index contributed by atoms with van der Waals surface area (Å²) in [5, 5.41) is 0.393. The van der Waals surface area contributed by atoms with E-state index in [4.69, 9.17) is 22.1 Å². The van der Waals surface area contributed by atoms with Gasteiger partial charge in [0.2, 0.25) is 0 Å². The topological polar surface area (TPSA) is 69.4 Å². The average Bonchev–Trinajstić information content (AvgIpc) is 2.69. The van der Waals surface area contributed by atoms with Crippen LogP contribution in [0.5, 0.6) is 5.75 Å². The van der Waals surface area contributed by atoms with Gasteiger partial charge >= 0.3 is 0 Å². The summed E-state index contributed by atoms with van der Waals surface area (Å²) in [5.41, 5.74) is 5.61. The molecule has 2 N–H and O–H groups in total. The number of hydrogen-bond donors (Lipinski definition) is 1. The quantitative estimate of drug-likeness (QED) is 0.802. The molecule has 150 valence electrons. The van der Waals surface area contributed by atoms with E-state index in [9.17, 15) is 17.2 Å². The molecule has 0 bridgehead atoms. The zero-order valence-electron chi connectivity index (χ0n) is 15.0. The molecule has 1 fully saturated rings. The molecule has 1 aliphatic carbocycles. The summed E-state index contributed by atoms with van der Waals surface area (Å²) >= 11 is 5.91. The summed E-state index contributed by atoms with van der Waals surface area (Å²) < 4.78 is 61.1. The van der Waals surface area contributed by atoms with E-state index in [0.717, 1.165) is 12.1 Å². The number of halogens is 3. The third kappa shape index (κ3) is 2.75. The highest BCUT2D eigenvalue weighted by Crippen LogP contribution is 2.57. The molecule has 1 heterocycles. The van der Waals surface area contributed by atoms with E-state index in [1.807, 2.05) is 0 Å². The first-order valence-electron chi connectivity index (χ1n) is 9.13. The van der Waals surface area contributed by atoms with E-state index in [-0.39, 0.29) is 35.2 Å². The molecule has 4 rings (SSSR count). The summed E-state index contributed by atoms with van der Waals surface area (Å²) in [6, 6.07) is 7.70. The lowest BCUT2D eigenvalue weighted by atomic mass is 9.69. The van der Waals surface area contributed by atoms with E-state index in [2.05, 4.69) is 0 Å². The molecule has 0 saturated heterocycles. The van der Waals surface area contributed by atoms with Gasteiger partial charge in [-0.3, -0.25) is 0 Å². The van der Waals surface area contributed by atoms with Crippen LogP contribution in [0.2, 0.25) is 5.02 Å².